The summed E-state index contributed by atoms with van der Waals surface area (Å²) in [7, 11) is 4.20. The van der Waals surface area contributed by atoms with Crippen molar-refractivity contribution in [3.8, 4) is 0 Å². The van der Waals surface area contributed by atoms with Gasteiger partial charge in [-0.1, -0.05) is 19.4 Å². The van der Waals surface area contributed by atoms with E-state index in [4.69, 9.17) is 0 Å². The number of rotatable bonds is 9. The summed E-state index contributed by atoms with van der Waals surface area (Å²) in [6.07, 6.45) is 2.69. The van der Waals surface area contributed by atoms with Crippen LogP contribution in [0.5, 0.6) is 0 Å². The van der Waals surface area contributed by atoms with Crippen LogP contribution in [-0.2, 0) is 16.1 Å². The molecule has 2 saturated heterocycles. The molecule has 1 N–H and O–H groups in total. The van der Waals surface area contributed by atoms with Crippen molar-refractivity contribution in [1.29, 1.82) is 0 Å². The van der Waals surface area contributed by atoms with Gasteiger partial charge in [0.1, 0.15) is 0 Å². The highest BCUT2D eigenvalue weighted by Gasteiger charge is 2.53. The summed E-state index contributed by atoms with van der Waals surface area (Å²) in [5, 5.41) is 5.07. The SMILES string of the molecule is CCCCC(=O)N1C[C@@H]2CN(CC(=O)NCc3cccs3)C[C@]2(CN(C)C)C1. The van der Waals surface area contributed by atoms with Crippen molar-refractivity contribution in [2.75, 3.05) is 53.4 Å². The van der Waals surface area contributed by atoms with Gasteiger partial charge in [0.05, 0.1) is 13.1 Å². The van der Waals surface area contributed by atoms with Crippen molar-refractivity contribution in [1.82, 2.24) is 20.0 Å². The zero-order valence-corrected chi connectivity index (χ0v) is 18.3. The van der Waals surface area contributed by atoms with E-state index in [2.05, 4.69) is 41.0 Å². The predicted octanol–water partition coefficient (Wildman–Crippen LogP) is 1.88. The summed E-state index contributed by atoms with van der Waals surface area (Å²) in [6, 6.07) is 4.05. The van der Waals surface area contributed by atoms with Gasteiger partial charge in [-0.3, -0.25) is 14.5 Å². The van der Waals surface area contributed by atoms with Crippen LogP contribution in [0, 0.1) is 11.3 Å². The van der Waals surface area contributed by atoms with Gasteiger partial charge >= 0.3 is 0 Å². The van der Waals surface area contributed by atoms with Crippen LogP contribution in [-0.4, -0.2) is 79.9 Å². The lowest BCUT2D eigenvalue weighted by atomic mass is 9.80. The first kappa shape index (κ1) is 21.3. The van der Waals surface area contributed by atoms with Gasteiger partial charge in [-0.05, 0) is 37.9 Å². The molecular weight excluding hydrogens is 372 g/mol. The molecule has 1 aromatic rings. The monoisotopic (exact) mass is 406 g/mol. The Balaban J connectivity index is 1.56. The highest BCUT2D eigenvalue weighted by atomic mass is 32.1. The molecule has 2 aliphatic rings. The van der Waals surface area contributed by atoms with Crippen molar-refractivity contribution >= 4 is 23.2 Å². The quantitative estimate of drug-likeness (QED) is 0.680. The van der Waals surface area contributed by atoms with E-state index in [1.54, 1.807) is 11.3 Å². The molecule has 2 amide bonds. The maximum absolute atomic E-state index is 12.6. The Bertz CT molecular complexity index is 663. The van der Waals surface area contributed by atoms with E-state index in [0.29, 0.717) is 31.3 Å². The van der Waals surface area contributed by atoms with E-state index in [1.165, 1.54) is 4.88 Å². The average molecular weight is 407 g/mol. The Labute approximate surface area is 172 Å². The molecule has 0 aromatic carbocycles. The molecule has 28 heavy (non-hydrogen) atoms. The number of amides is 2. The van der Waals surface area contributed by atoms with Crippen molar-refractivity contribution in [3.05, 3.63) is 22.4 Å². The first-order valence-electron chi connectivity index (χ1n) is 10.4. The lowest BCUT2D eigenvalue weighted by Crippen LogP contribution is -2.44. The standard InChI is InChI=1S/C21H34N4O2S/c1-4-5-8-20(27)25-12-17-11-24(15-21(17,16-25)14-23(2)3)13-19(26)22-10-18-7-6-9-28-18/h6-7,9,17H,4-5,8,10-16H2,1-3H3,(H,22,26)/t17-,21+/m0/s1. The van der Waals surface area contributed by atoms with Gasteiger partial charge < -0.3 is 15.1 Å². The van der Waals surface area contributed by atoms with Gasteiger partial charge in [0.15, 0.2) is 0 Å². The lowest BCUT2D eigenvalue weighted by molar-refractivity contribution is -0.131. The molecule has 2 atom stereocenters. The van der Waals surface area contributed by atoms with Crippen molar-refractivity contribution in [3.63, 3.8) is 0 Å². The van der Waals surface area contributed by atoms with E-state index in [0.717, 1.165) is 45.6 Å². The van der Waals surface area contributed by atoms with Crippen LogP contribution in [0.4, 0.5) is 0 Å². The van der Waals surface area contributed by atoms with Crippen LogP contribution < -0.4 is 5.32 Å². The third-order valence-electron chi connectivity index (χ3n) is 5.96. The molecule has 2 fully saturated rings. The van der Waals surface area contributed by atoms with Gasteiger partial charge in [-0.25, -0.2) is 0 Å². The van der Waals surface area contributed by atoms with Crippen LogP contribution in [0.15, 0.2) is 17.5 Å². The number of fused-ring (bicyclic) bond motifs is 1. The molecule has 0 bridgehead atoms. The zero-order valence-electron chi connectivity index (χ0n) is 17.4. The number of unbranched alkanes of at least 4 members (excludes halogenated alkanes) is 1. The fourth-order valence-corrected chi connectivity index (χ4v) is 5.44. The molecule has 1 aromatic heterocycles. The second-order valence-electron chi connectivity index (χ2n) is 8.70. The Hall–Kier alpha value is -1.44. The molecule has 6 nitrogen and oxygen atoms in total. The highest BCUT2D eigenvalue weighted by Crippen LogP contribution is 2.43. The van der Waals surface area contributed by atoms with Crippen molar-refractivity contribution < 1.29 is 9.59 Å². The van der Waals surface area contributed by atoms with Crippen LogP contribution in [0.25, 0.3) is 0 Å². The summed E-state index contributed by atoms with van der Waals surface area (Å²) in [5.41, 5.74) is 0.0827. The lowest BCUT2D eigenvalue weighted by Gasteiger charge is -2.32. The molecule has 7 heteroatoms. The Kier molecular flexibility index (Phi) is 7.12. The number of nitrogens with one attached hydrogen (secondary N) is 1. The predicted molar refractivity (Wildman–Crippen MR) is 113 cm³/mol. The summed E-state index contributed by atoms with van der Waals surface area (Å²) in [6.45, 7) is 7.59. The molecule has 0 aliphatic carbocycles. The summed E-state index contributed by atoms with van der Waals surface area (Å²) in [4.78, 5) is 32.7. The molecule has 3 heterocycles. The van der Waals surface area contributed by atoms with Crippen LogP contribution in [0.1, 0.15) is 31.1 Å². The largest absolute Gasteiger partial charge is 0.350 e. The number of carbonyl (C=O) groups excluding carboxylic acids is 2. The number of thiophene rings is 1. The molecular formula is C21H34N4O2S. The second-order valence-corrected chi connectivity index (χ2v) is 9.73. The van der Waals surface area contributed by atoms with Crippen molar-refractivity contribution in [2.24, 2.45) is 11.3 Å². The van der Waals surface area contributed by atoms with E-state index in [9.17, 15) is 9.59 Å². The Morgan fingerprint density at radius 1 is 1.32 bits per heavy atom. The third kappa shape index (κ3) is 5.13. The van der Waals surface area contributed by atoms with E-state index < -0.39 is 0 Å². The number of hydrogen-bond donors (Lipinski definition) is 1. The maximum atomic E-state index is 12.6. The Morgan fingerprint density at radius 2 is 2.14 bits per heavy atom. The van der Waals surface area contributed by atoms with E-state index in [1.807, 2.05) is 17.5 Å². The Morgan fingerprint density at radius 3 is 2.82 bits per heavy atom. The van der Waals surface area contributed by atoms with Gasteiger partial charge in [0.2, 0.25) is 11.8 Å². The number of nitrogens with zero attached hydrogens (tertiary/aromatic N) is 3. The normalized spacial score (nSPS) is 24.7. The first-order chi connectivity index (χ1) is 13.4. The zero-order chi connectivity index (χ0) is 20.1. The molecule has 0 radical (unpaired) electrons. The summed E-state index contributed by atoms with van der Waals surface area (Å²) >= 11 is 1.66. The molecule has 0 spiro atoms. The van der Waals surface area contributed by atoms with Gasteiger partial charge in [-0.15, -0.1) is 11.3 Å². The molecule has 0 unspecified atom stereocenters. The number of carbonyl (C=O) groups is 2. The minimum Gasteiger partial charge on any atom is -0.350 e. The molecule has 156 valence electrons. The molecule has 3 rings (SSSR count). The fourth-order valence-electron chi connectivity index (χ4n) is 4.80. The maximum Gasteiger partial charge on any atom is 0.234 e. The van der Waals surface area contributed by atoms with Gasteiger partial charge in [0, 0.05) is 49.4 Å². The minimum atomic E-state index is 0.0827. The molecule has 2 aliphatic heterocycles. The number of likely N-dealkylation sites (tertiary alicyclic amines) is 2. The summed E-state index contributed by atoms with van der Waals surface area (Å²) < 4.78 is 0. The highest BCUT2D eigenvalue weighted by molar-refractivity contribution is 7.09. The topological polar surface area (TPSA) is 55.9 Å². The first-order valence-corrected chi connectivity index (χ1v) is 11.2. The van der Waals surface area contributed by atoms with Crippen LogP contribution >= 0.6 is 11.3 Å². The molecule has 0 saturated carbocycles. The second kappa shape index (κ2) is 9.37. The van der Waals surface area contributed by atoms with Crippen LogP contribution in [0.3, 0.4) is 0 Å². The fraction of sp³-hybridized carbons (Fsp3) is 0.714. The number of hydrogen-bond acceptors (Lipinski definition) is 5. The van der Waals surface area contributed by atoms with E-state index in [-0.39, 0.29) is 11.3 Å². The van der Waals surface area contributed by atoms with Crippen molar-refractivity contribution in [2.45, 2.75) is 32.7 Å². The smallest absolute Gasteiger partial charge is 0.234 e. The van der Waals surface area contributed by atoms with E-state index >= 15 is 0 Å². The summed E-state index contributed by atoms with van der Waals surface area (Å²) in [5.74, 6) is 0.837. The van der Waals surface area contributed by atoms with Gasteiger partial charge in [0.25, 0.3) is 0 Å². The van der Waals surface area contributed by atoms with Crippen LogP contribution in [0.2, 0.25) is 0 Å². The minimum absolute atomic E-state index is 0.0827. The van der Waals surface area contributed by atoms with Gasteiger partial charge in [-0.2, -0.15) is 0 Å². The average Bonchev–Trinajstić information content (AvgIpc) is 3.32. The third-order valence-corrected chi connectivity index (χ3v) is 6.84.